The first kappa shape index (κ1) is 40.2. The van der Waals surface area contributed by atoms with Crippen LogP contribution in [0.4, 0.5) is 22.0 Å². The Morgan fingerprint density at radius 2 is 1.46 bits per heavy atom. The normalized spacial score (nSPS) is 36.9. The number of carbonyl (C=O) groups is 4. The summed E-state index contributed by atoms with van der Waals surface area (Å²) < 4.78 is 120. The van der Waals surface area contributed by atoms with Crippen LogP contribution in [0, 0.1) is 46.3 Å². The number of hydrogen-bond acceptors (Lipinski definition) is 10. The third-order valence-corrected chi connectivity index (χ3v) is 13.3. The zero-order chi connectivity index (χ0) is 37.8. The fourth-order valence-corrected chi connectivity index (χ4v) is 10.8. The van der Waals surface area contributed by atoms with E-state index in [1.54, 1.807) is 6.92 Å². The van der Waals surface area contributed by atoms with Crippen molar-refractivity contribution in [3.63, 3.8) is 0 Å². The summed E-state index contributed by atoms with van der Waals surface area (Å²) in [6.07, 6.45) is -8.54. The van der Waals surface area contributed by atoms with E-state index in [0.717, 1.165) is 6.42 Å². The molecular formula is C33H47F5O11S. The predicted octanol–water partition coefficient (Wildman–Crippen LogP) is 6.03. The van der Waals surface area contributed by atoms with Gasteiger partial charge in [0.2, 0.25) is 0 Å². The molecule has 1 N–H and O–H groups in total. The average molecular weight is 747 g/mol. The minimum absolute atomic E-state index is 0.0425. The van der Waals surface area contributed by atoms with Crippen LogP contribution in [0.25, 0.3) is 0 Å². The summed E-state index contributed by atoms with van der Waals surface area (Å²) in [4.78, 5) is 49.2. The van der Waals surface area contributed by atoms with Crippen molar-refractivity contribution in [2.75, 3.05) is 0 Å². The Labute approximate surface area is 288 Å². The molecular weight excluding hydrogens is 699 g/mol. The van der Waals surface area contributed by atoms with E-state index in [1.807, 2.05) is 6.92 Å². The quantitative estimate of drug-likeness (QED) is 0.120. The first-order valence-electron chi connectivity index (χ1n) is 17.0. The van der Waals surface area contributed by atoms with Crippen LogP contribution in [0.5, 0.6) is 0 Å². The molecule has 12 atom stereocenters. The van der Waals surface area contributed by atoms with E-state index in [1.165, 1.54) is 20.8 Å². The molecule has 4 aliphatic rings. The second kappa shape index (κ2) is 14.1. The Kier molecular flexibility index (Phi) is 11.3. The van der Waals surface area contributed by atoms with Gasteiger partial charge in [0, 0.05) is 38.5 Å². The number of ether oxygens (including phenoxy) is 4. The van der Waals surface area contributed by atoms with E-state index in [2.05, 4.69) is 11.7 Å². The molecule has 0 bridgehead atoms. The van der Waals surface area contributed by atoms with Gasteiger partial charge in [-0.1, -0.05) is 20.8 Å². The second-order valence-corrected chi connectivity index (χ2v) is 16.7. The van der Waals surface area contributed by atoms with Gasteiger partial charge in [0.05, 0.1) is 0 Å². The van der Waals surface area contributed by atoms with E-state index in [9.17, 15) is 49.5 Å². The number of carbonyl (C=O) groups excluding carboxylic acids is 4. The van der Waals surface area contributed by atoms with Crippen LogP contribution in [-0.2, 0) is 48.2 Å². The predicted molar refractivity (Wildman–Crippen MR) is 163 cm³/mol. The van der Waals surface area contributed by atoms with Gasteiger partial charge in [-0.25, -0.2) is 0 Å². The summed E-state index contributed by atoms with van der Waals surface area (Å²) in [5.74, 6) is -4.05. The lowest BCUT2D eigenvalue weighted by molar-refractivity contribution is -0.259. The highest BCUT2D eigenvalue weighted by atomic mass is 32.2. The van der Waals surface area contributed by atoms with Crippen LogP contribution in [0.1, 0.15) is 99.3 Å². The van der Waals surface area contributed by atoms with E-state index < -0.39 is 75.5 Å². The average Bonchev–Trinajstić information content (AvgIpc) is 3.31. The fraction of sp³-hybridized carbons (Fsp3) is 0.879. The number of rotatable bonds is 10. The Bertz CT molecular complexity index is 1440. The fourth-order valence-electron chi connectivity index (χ4n) is 10.3. The Balaban J connectivity index is 1.60. The highest BCUT2D eigenvalue weighted by molar-refractivity contribution is 7.86. The van der Waals surface area contributed by atoms with Gasteiger partial charge in [-0.2, -0.15) is 30.4 Å². The van der Waals surface area contributed by atoms with Crippen molar-refractivity contribution in [2.45, 2.75) is 135 Å². The van der Waals surface area contributed by atoms with Crippen molar-refractivity contribution in [2.24, 2.45) is 46.3 Å². The van der Waals surface area contributed by atoms with Gasteiger partial charge in [0.15, 0.2) is 0 Å². The van der Waals surface area contributed by atoms with Gasteiger partial charge in [0.1, 0.15) is 18.3 Å². The highest BCUT2D eigenvalue weighted by Crippen LogP contribution is 2.69. The molecule has 4 saturated carbocycles. The number of esters is 4. The molecule has 4 fully saturated rings. The van der Waals surface area contributed by atoms with Crippen molar-refractivity contribution in [1.29, 1.82) is 0 Å². The van der Waals surface area contributed by atoms with Gasteiger partial charge in [-0.3, -0.25) is 23.7 Å². The molecule has 17 heteroatoms. The Morgan fingerprint density at radius 1 is 0.860 bits per heavy atom. The van der Waals surface area contributed by atoms with Gasteiger partial charge in [-0.15, -0.1) is 0 Å². The van der Waals surface area contributed by atoms with E-state index in [0.29, 0.717) is 38.5 Å². The molecule has 0 radical (unpaired) electrons. The molecule has 11 nitrogen and oxygen atoms in total. The minimum Gasteiger partial charge on any atom is -0.463 e. The zero-order valence-corrected chi connectivity index (χ0v) is 29.8. The molecule has 0 saturated heterocycles. The summed E-state index contributed by atoms with van der Waals surface area (Å²) in [7, 11) is -6.58. The summed E-state index contributed by atoms with van der Waals surface area (Å²) >= 11 is 0. The number of hydrogen-bond donors (Lipinski definition) is 1. The van der Waals surface area contributed by atoms with Crippen molar-refractivity contribution >= 4 is 34.0 Å². The molecule has 50 heavy (non-hydrogen) atoms. The molecule has 0 heterocycles. The second-order valence-electron chi connectivity index (χ2n) is 15.2. The molecule has 4 rings (SSSR count). The van der Waals surface area contributed by atoms with E-state index >= 15 is 0 Å². The molecule has 0 aromatic carbocycles. The van der Waals surface area contributed by atoms with Crippen LogP contribution in [0.15, 0.2) is 0 Å². The lowest BCUT2D eigenvalue weighted by Crippen LogP contribution is -2.63. The number of halogens is 5. The Morgan fingerprint density at radius 3 is 2.00 bits per heavy atom. The third-order valence-electron chi connectivity index (χ3n) is 12.4. The molecule has 0 aromatic rings. The maximum Gasteiger partial charge on any atom is 0.432 e. The molecule has 0 aromatic heterocycles. The summed E-state index contributed by atoms with van der Waals surface area (Å²) in [6.45, 7) is 9.90. The monoisotopic (exact) mass is 746 g/mol. The van der Waals surface area contributed by atoms with Crippen LogP contribution in [-0.4, -0.2) is 72.7 Å². The largest absolute Gasteiger partial charge is 0.463 e. The first-order chi connectivity index (χ1) is 22.8. The van der Waals surface area contributed by atoms with Crippen LogP contribution in [0.2, 0.25) is 0 Å². The van der Waals surface area contributed by atoms with Gasteiger partial charge in [0.25, 0.3) is 6.10 Å². The summed E-state index contributed by atoms with van der Waals surface area (Å²) in [5.41, 5.74) is -0.997. The van der Waals surface area contributed by atoms with Crippen LogP contribution < -0.4 is 0 Å². The number of alkyl halides is 5. The van der Waals surface area contributed by atoms with Crippen LogP contribution >= 0.6 is 0 Å². The highest BCUT2D eigenvalue weighted by Gasteiger charge is 2.68. The van der Waals surface area contributed by atoms with Crippen molar-refractivity contribution < 1.29 is 73.0 Å². The third kappa shape index (κ3) is 7.63. The van der Waals surface area contributed by atoms with Gasteiger partial charge < -0.3 is 18.9 Å². The standard InChI is InChI=1S/C33H47F5O11S/c1-16(7-10-27(42)49-29(32(34,35)36)33(37,38)50(43,44)45)22-8-9-23-28-24(15-26(31(22,23)6)48-19(4)41)30(5)12-11-21(46-17(2)39)13-20(30)14-25(28)47-18(3)40/h16,20-26,28-29H,7-15H2,1-6H3,(H,43,44,45). The first-order valence-corrected chi connectivity index (χ1v) is 18.4. The van der Waals surface area contributed by atoms with Gasteiger partial charge >= 0.3 is 45.4 Å². The van der Waals surface area contributed by atoms with E-state index in [-0.39, 0.29) is 53.5 Å². The molecule has 0 aliphatic heterocycles. The summed E-state index contributed by atoms with van der Waals surface area (Å²) in [5, 5.41) is -5.83. The Hall–Kier alpha value is -2.56. The molecule has 4 aliphatic carbocycles. The smallest absolute Gasteiger partial charge is 0.432 e. The van der Waals surface area contributed by atoms with E-state index in [4.69, 9.17) is 18.8 Å². The number of fused-ring (bicyclic) bond motifs is 5. The lowest BCUT2D eigenvalue weighted by Gasteiger charge is -2.64. The molecule has 12 unspecified atom stereocenters. The summed E-state index contributed by atoms with van der Waals surface area (Å²) in [6, 6.07) is 0. The van der Waals surface area contributed by atoms with Gasteiger partial charge in [-0.05, 0) is 86.4 Å². The minimum atomic E-state index is -6.58. The van der Waals surface area contributed by atoms with Crippen LogP contribution in [0.3, 0.4) is 0 Å². The topological polar surface area (TPSA) is 160 Å². The lowest BCUT2D eigenvalue weighted by atomic mass is 9.43. The van der Waals surface area contributed by atoms with Crippen molar-refractivity contribution in [3.8, 4) is 0 Å². The molecule has 0 spiro atoms. The SMILES string of the molecule is CC(=O)OC1CCC2(C)C(C1)CC(OC(C)=O)C1C2CC(OC(C)=O)C2(C)C(C(C)CCC(=O)OC(C(F)(F)F)C(F)(F)S(=O)(=O)O)CCC12. The van der Waals surface area contributed by atoms with Crippen molar-refractivity contribution in [1.82, 2.24) is 0 Å². The maximum absolute atomic E-state index is 14.0. The zero-order valence-electron chi connectivity index (χ0n) is 29.0. The molecule has 0 amide bonds. The van der Waals surface area contributed by atoms with Crippen molar-refractivity contribution in [3.05, 3.63) is 0 Å². The maximum atomic E-state index is 14.0. The molecule has 286 valence electrons.